The normalized spacial score (nSPS) is 12.5. The van der Waals surface area contributed by atoms with Crippen LogP contribution in [-0.4, -0.2) is 41.3 Å². The summed E-state index contributed by atoms with van der Waals surface area (Å²) >= 11 is 0. The molecule has 222 valence electrons. The molecule has 7 heteroatoms. The Balaban J connectivity index is 1.44. The molecule has 1 amide bonds. The summed E-state index contributed by atoms with van der Waals surface area (Å²) in [7, 11) is 0. The molecule has 2 unspecified atom stereocenters. The molecule has 0 aliphatic rings. The van der Waals surface area contributed by atoms with E-state index < -0.39 is 12.1 Å². The van der Waals surface area contributed by atoms with Gasteiger partial charge in [0.2, 0.25) is 5.89 Å². The fourth-order valence-electron chi connectivity index (χ4n) is 4.90. The van der Waals surface area contributed by atoms with E-state index in [2.05, 4.69) is 53.7 Å². The van der Waals surface area contributed by atoms with Crippen molar-refractivity contribution in [2.45, 2.75) is 71.1 Å². The molecule has 0 aliphatic heterocycles. The summed E-state index contributed by atoms with van der Waals surface area (Å²) in [6, 6.07) is 22.9. The van der Waals surface area contributed by atoms with Crippen LogP contribution in [0, 0.1) is 0 Å². The lowest BCUT2D eigenvalue weighted by atomic mass is 9.99. The maximum absolute atomic E-state index is 13.4. The lowest BCUT2D eigenvalue weighted by molar-refractivity contribution is 0.0830. The number of oxazole rings is 1. The highest BCUT2D eigenvalue weighted by Gasteiger charge is 2.23. The van der Waals surface area contributed by atoms with E-state index in [1.54, 1.807) is 24.4 Å². The quantitative estimate of drug-likeness (QED) is 0.128. The molecule has 2 atom stereocenters. The average Bonchev–Trinajstić information content (AvgIpc) is 3.56. The Morgan fingerprint density at radius 3 is 2.57 bits per heavy atom. The molecule has 1 heterocycles. The summed E-state index contributed by atoms with van der Waals surface area (Å²) in [6.07, 6.45) is 8.26. The van der Waals surface area contributed by atoms with Gasteiger partial charge in [0.05, 0.1) is 24.9 Å². The average molecular weight is 570 g/mol. The van der Waals surface area contributed by atoms with Crippen LogP contribution in [0.15, 0.2) is 89.7 Å². The number of hydrogen-bond donors (Lipinski definition) is 3. The predicted octanol–water partition coefficient (Wildman–Crippen LogP) is 6.35. The highest BCUT2D eigenvalue weighted by molar-refractivity contribution is 5.95. The first-order valence-corrected chi connectivity index (χ1v) is 15.0. The molecular formula is C35H43N3O4. The SMILES string of the molecule is CCCCCCOc1cccc(CC(NC(=O)c2cccc(-c3ncco3)c2)C(O)CNCc2cccc(CC)c2)c1. The van der Waals surface area contributed by atoms with E-state index in [0.717, 1.165) is 36.1 Å². The third-order valence-corrected chi connectivity index (χ3v) is 7.29. The predicted molar refractivity (Wildman–Crippen MR) is 167 cm³/mol. The number of carbonyl (C=O) groups is 1. The summed E-state index contributed by atoms with van der Waals surface area (Å²) in [5, 5.41) is 17.8. The molecule has 4 rings (SSSR count). The van der Waals surface area contributed by atoms with Gasteiger partial charge in [0.15, 0.2) is 0 Å². The lowest BCUT2D eigenvalue weighted by Crippen LogP contribution is -2.48. The van der Waals surface area contributed by atoms with Gasteiger partial charge >= 0.3 is 0 Å². The maximum atomic E-state index is 13.4. The molecule has 3 aromatic carbocycles. The van der Waals surface area contributed by atoms with E-state index in [4.69, 9.17) is 9.15 Å². The van der Waals surface area contributed by atoms with Crippen LogP contribution >= 0.6 is 0 Å². The van der Waals surface area contributed by atoms with Gasteiger partial charge in [-0.2, -0.15) is 0 Å². The minimum Gasteiger partial charge on any atom is -0.494 e. The van der Waals surface area contributed by atoms with Crippen molar-refractivity contribution in [3.8, 4) is 17.2 Å². The third-order valence-electron chi connectivity index (χ3n) is 7.29. The highest BCUT2D eigenvalue weighted by atomic mass is 16.5. The van der Waals surface area contributed by atoms with Crippen LogP contribution < -0.4 is 15.4 Å². The first-order valence-electron chi connectivity index (χ1n) is 15.0. The second-order valence-corrected chi connectivity index (χ2v) is 10.6. The maximum Gasteiger partial charge on any atom is 0.251 e. The van der Waals surface area contributed by atoms with Crippen LogP contribution in [0.25, 0.3) is 11.5 Å². The van der Waals surface area contributed by atoms with Gasteiger partial charge < -0.3 is 24.9 Å². The smallest absolute Gasteiger partial charge is 0.251 e. The van der Waals surface area contributed by atoms with Crippen molar-refractivity contribution in [3.63, 3.8) is 0 Å². The highest BCUT2D eigenvalue weighted by Crippen LogP contribution is 2.20. The topological polar surface area (TPSA) is 96.6 Å². The van der Waals surface area contributed by atoms with Crippen LogP contribution in [-0.2, 0) is 19.4 Å². The van der Waals surface area contributed by atoms with Crippen molar-refractivity contribution in [2.24, 2.45) is 0 Å². The molecule has 0 bridgehead atoms. The number of carbonyl (C=O) groups excluding carboxylic acids is 1. The second-order valence-electron chi connectivity index (χ2n) is 10.6. The summed E-state index contributed by atoms with van der Waals surface area (Å²) in [4.78, 5) is 17.6. The van der Waals surface area contributed by atoms with E-state index in [9.17, 15) is 9.90 Å². The molecule has 0 aliphatic carbocycles. The molecule has 0 saturated carbocycles. The largest absolute Gasteiger partial charge is 0.494 e. The lowest BCUT2D eigenvalue weighted by Gasteiger charge is -2.25. The molecule has 7 nitrogen and oxygen atoms in total. The summed E-state index contributed by atoms with van der Waals surface area (Å²) in [6.45, 7) is 5.96. The number of aryl methyl sites for hydroxylation is 1. The van der Waals surface area contributed by atoms with Crippen molar-refractivity contribution in [1.29, 1.82) is 0 Å². The Morgan fingerprint density at radius 2 is 1.76 bits per heavy atom. The van der Waals surface area contributed by atoms with Crippen molar-refractivity contribution >= 4 is 5.91 Å². The number of nitrogens with zero attached hydrogens (tertiary/aromatic N) is 1. The number of ether oxygens (including phenoxy) is 1. The molecule has 3 N–H and O–H groups in total. The van der Waals surface area contributed by atoms with Crippen molar-refractivity contribution < 1.29 is 19.1 Å². The molecule has 0 radical (unpaired) electrons. The van der Waals surface area contributed by atoms with Gasteiger partial charge in [0, 0.05) is 24.2 Å². The molecule has 0 saturated heterocycles. The van der Waals surface area contributed by atoms with Crippen LogP contribution in [0.1, 0.15) is 66.6 Å². The Morgan fingerprint density at radius 1 is 0.952 bits per heavy atom. The molecule has 0 fully saturated rings. The van der Waals surface area contributed by atoms with Crippen molar-refractivity contribution in [1.82, 2.24) is 15.6 Å². The number of rotatable bonds is 17. The van der Waals surface area contributed by atoms with E-state index in [1.807, 2.05) is 30.3 Å². The van der Waals surface area contributed by atoms with E-state index in [1.165, 1.54) is 24.7 Å². The van der Waals surface area contributed by atoms with Crippen molar-refractivity contribution in [2.75, 3.05) is 13.2 Å². The number of nitrogens with one attached hydrogen (secondary N) is 2. The standard InChI is InChI=1S/C35H43N3O4/c1-3-5-6-7-18-41-31-16-9-12-27(21-31)22-32(33(39)25-36-24-28-13-8-11-26(4-2)20-28)38-34(40)29-14-10-15-30(23-29)35-37-17-19-42-35/h8-17,19-21,23,32-33,36,39H,3-7,18,22,24-25H2,1-2H3,(H,38,40). The van der Waals surface area contributed by atoms with Crippen LogP contribution in [0.4, 0.5) is 0 Å². The zero-order chi connectivity index (χ0) is 29.6. The number of aromatic nitrogens is 1. The molecular weight excluding hydrogens is 526 g/mol. The number of aliphatic hydroxyl groups is 1. The van der Waals surface area contributed by atoms with Crippen LogP contribution in [0.5, 0.6) is 5.75 Å². The van der Waals surface area contributed by atoms with Gasteiger partial charge in [-0.15, -0.1) is 0 Å². The fourth-order valence-corrected chi connectivity index (χ4v) is 4.90. The fraction of sp³-hybridized carbons (Fsp3) is 0.371. The van der Waals surface area contributed by atoms with Crippen LogP contribution in [0.2, 0.25) is 0 Å². The van der Waals surface area contributed by atoms with Gasteiger partial charge in [0.1, 0.15) is 12.0 Å². The Bertz CT molecular complexity index is 1370. The van der Waals surface area contributed by atoms with Gasteiger partial charge in [0.25, 0.3) is 5.91 Å². The van der Waals surface area contributed by atoms with Gasteiger partial charge in [-0.1, -0.05) is 75.6 Å². The van der Waals surface area contributed by atoms with Crippen LogP contribution in [0.3, 0.4) is 0 Å². The van der Waals surface area contributed by atoms with Gasteiger partial charge in [-0.3, -0.25) is 4.79 Å². The number of unbranched alkanes of at least 4 members (excludes halogenated alkanes) is 3. The first-order chi connectivity index (χ1) is 20.6. The second kappa shape index (κ2) is 16.5. The third kappa shape index (κ3) is 9.57. The monoisotopic (exact) mass is 569 g/mol. The summed E-state index contributed by atoms with van der Waals surface area (Å²) in [5.74, 6) is 0.978. The molecule has 0 spiro atoms. The Kier molecular flexibility index (Phi) is 12.2. The number of aliphatic hydroxyl groups excluding tert-OH is 1. The zero-order valence-corrected chi connectivity index (χ0v) is 24.7. The first kappa shape index (κ1) is 31.0. The minimum atomic E-state index is -0.822. The van der Waals surface area contributed by atoms with Crippen molar-refractivity contribution in [3.05, 3.63) is 108 Å². The molecule has 4 aromatic rings. The number of benzene rings is 3. The number of amides is 1. The van der Waals surface area contributed by atoms with E-state index in [-0.39, 0.29) is 5.91 Å². The Labute approximate surface area is 249 Å². The molecule has 42 heavy (non-hydrogen) atoms. The Hall–Kier alpha value is -3.94. The number of hydrogen-bond acceptors (Lipinski definition) is 6. The molecule has 1 aromatic heterocycles. The van der Waals surface area contributed by atoms with E-state index in [0.29, 0.717) is 43.1 Å². The summed E-state index contributed by atoms with van der Waals surface area (Å²) < 4.78 is 11.4. The minimum absolute atomic E-state index is 0.272. The summed E-state index contributed by atoms with van der Waals surface area (Å²) in [5.41, 5.74) is 4.60. The van der Waals surface area contributed by atoms with E-state index >= 15 is 0 Å². The van der Waals surface area contributed by atoms with Gasteiger partial charge in [-0.05, 0) is 66.3 Å². The zero-order valence-electron chi connectivity index (χ0n) is 24.7. The van der Waals surface area contributed by atoms with Gasteiger partial charge in [-0.25, -0.2) is 4.98 Å².